The first kappa shape index (κ1) is 13.1. The quantitative estimate of drug-likeness (QED) is 0.862. The number of ether oxygens (including phenoxy) is 1. The van der Waals surface area contributed by atoms with Gasteiger partial charge in [0.25, 0.3) is 10.0 Å². The van der Waals surface area contributed by atoms with Crippen LogP contribution in [0.25, 0.3) is 0 Å². The summed E-state index contributed by atoms with van der Waals surface area (Å²) in [6.07, 6.45) is 2.80. The van der Waals surface area contributed by atoms with Crippen molar-refractivity contribution < 1.29 is 13.2 Å². The van der Waals surface area contributed by atoms with E-state index < -0.39 is 10.0 Å². The summed E-state index contributed by atoms with van der Waals surface area (Å²) in [4.78, 5) is 0.137. The van der Waals surface area contributed by atoms with Crippen molar-refractivity contribution in [3.63, 3.8) is 0 Å². The maximum Gasteiger partial charge on any atom is 0.283 e. The molecule has 0 atom stereocenters. The summed E-state index contributed by atoms with van der Waals surface area (Å²) in [5.74, 6) is 0.491. The lowest BCUT2D eigenvalue weighted by Gasteiger charge is -2.09. The van der Waals surface area contributed by atoms with Crippen molar-refractivity contribution in [2.75, 3.05) is 6.61 Å². The number of rotatable bonds is 4. The van der Waals surface area contributed by atoms with Gasteiger partial charge in [-0.05, 0) is 41.1 Å². The Labute approximate surface area is 114 Å². The molecule has 1 heterocycles. The van der Waals surface area contributed by atoms with Gasteiger partial charge in [0.1, 0.15) is 5.75 Å². The third-order valence-electron chi connectivity index (χ3n) is 2.23. The van der Waals surface area contributed by atoms with Crippen LogP contribution in [0, 0.1) is 0 Å². The van der Waals surface area contributed by atoms with Crippen molar-refractivity contribution in [1.29, 1.82) is 0 Å². The fraction of sp³-hybridized carbons (Fsp3) is 0.182. The predicted octanol–water partition coefficient (Wildman–Crippen LogP) is 2.28. The number of nitrogens with zero attached hydrogens (tertiary/aromatic N) is 2. The molecular weight excluding hydrogens is 320 g/mol. The summed E-state index contributed by atoms with van der Waals surface area (Å²) < 4.78 is 31.4. The van der Waals surface area contributed by atoms with Crippen LogP contribution in [-0.2, 0) is 10.0 Å². The number of halogens is 1. The number of hydrogen-bond donors (Lipinski definition) is 0. The fourth-order valence-corrected chi connectivity index (χ4v) is 2.90. The second-order valence-corrected chi connectivity index (χ2v) is 6.06. The summed E-state index contributed by atoms with van der Waals surface area (Å²) in [7, 11) is -3.65. The Morgan fingerprint density at radius 3 is 2.83 bits per heavy atom. The van der Waals surface area contributed by atoms with Crippen LogP contribution in [0.4, 0.5) is 0 Å². The standard InChI is InChI=1S/C11H11BrN2O3S/c1-2-17-11-8-9(4-5-10(11)12)18(15,16)14-7-3-6-13-14/h3-8H,2H2,1H3. The molecule has 0 aliphatic rings. The highest BCUT2D eigenvalue weighted by Gasteiger charge is 2.18. The van der Waals surface area contributed by atoms with Gasteiger partial charge in [-0.1, -0.05) is 0 Å². The smallest absolute Gasteiger partial charge is 0.283 e. The molecule has 5 nitrogen and oxygen atoms in total. The van der Waals surface area contributed by atoms with E-state index in [1.54, 1.807) is 12.1 Å². The normalized spacial score (nSPS) is 11.4. The number of hydrogen-bond acceptors (Lipinski definition) is 4. The highest BCUT2D eigenvalue weighted by molar-refractivity contribution is 9.10. The van der Waals surface area contributed by atoms with E-state index in [-0.39, 0.29) is 4.90 Å². The molecule has 2 rings (SSSR count). The number of benzene rings is 1. The van der Waals surface area contributed by atoms with Crippen LogP contribution in [0.15, 0.2) is 46.0 Å². The van der Waals surface area contributed by atoms with Crippen molar-refractivity contribution in [3.8, 4) is 5.75 Å². The maximum absolute atomic E-state index is 12.2. The molecule has 0 spiro atoms. The Morgan fingerprint density at radius 1 is 1.44 bits per heavy atom. The van der Waals surface area contributed by atoms with Crippen molar-refractivity contribution in [2.24, 2.45) is 0 Å². The minimum atomic E-state index is -3.65. The third kappa shape index (κ3) is 2.41. The van der Waals surface area contributed by atoms with Gasteiger partial charge in [-0.25, -0.2) is 0 Å². The summed E-state index contributed by atoms with van der Waals surface area (Å²) in [6, 6.07) is 6.18. The molecule has 0 bridgehead atoms. The van der Waals surface area contributed by atoms with Gasteiger partial charge in [0.2, 0.25) is 0 Å². The highest BCUT2D eigenvalue weighted by atomic mass is 79.9. The molecule has 0 saturated carbocycles. The molecule has 18 heavy (non-hydrogen) atoms. The second-order valence-electron chi connectivity index (χ2n) is 3.41. The summed E-state index contributed by atoms with van der Waals surface area (Å²) >= 11 is 3.30. The Morgan fingerprint density at radius 2 is 2.22 bits per heavy atom. The Kier molecular flexibility index (Phi) is 3.72. The Bertz CT molecular complexity index is 638. The van der Waals surface area contributed by atoms with Crippen LogP contribution in [0.1, 0.15) is 6.92 Å². The van der Waals surface area contributed by atoms with Crippen molar-refractivity contribution >= 4 is 26.0 Å². The molecule has 2 aromatic rings. The van der Waals surface area contributed by atoms with E-state index in [1.807, 2.05) is 6.92 Å². The molecule has 0 radical (unpaired) electrons. The van der Waals surface area contributed by atoms with Gasteiger partial charge < -0.3 is 4.74 Å². The zero-order valence-corrected chi connectivity index (χ0v) is 12.0. The summed E-state index contributed by atoms with van der Waals surface area (Å²) in [6.45, 7) is 2.30. The van der Waals surface area contributed by atoms with E-state index in [1.165, 1.54) is 24.5 Å². The van der Waals surface area contributed by atoms with Gasteiger partial charge in [-0.2, -0.15) is 17.6 Å². The molecule has 0 aliphatic carbocycles. The van der Waals surface area contributed by atoms with E-state index in [2.05, 4.69) is 21.0 Å². The molecule has 7 heteroatoms. The van der Waals surface area contributed by atoms with Crippen LogP contribution in [0.2, 0.25) is 0 Å². The van der Waals surface area contributed by atoms with Crippen LogP contribution in [0.5, 0.6) is 5.75 Å². The lowest BCUT2D eigenvalue weighted by molar-refractivity contribution is 0.337. The van der Waals surface area contributed by atoms with Gasteiger partial charge in [0.15, 0.2) is 0 Å². The largest absolute Gasteiger partial charge is 0.493 e. The minimum absolute atomic E-state index is 0.137. The lowest BCUT2D eigenvalue weighted by atomic mass is 10.3. The SMILES string of the molecule is CCOc1cc(S(=O)(=O)n2cccn2)ccc1Br. The fourth-order valence-electron chi connectivity index (χ4n) is 1.42. The number of aromatic nitrogens is 2. The van der Waals surface area contributed by atoms with Crippen LogP contribution < -0.4 is 4.74 Å². The van der Waals surface area contributed by atoms with Crippen LogP contribution >= 0.6 is 15.9 Å². The van der Waals surface area contributed by atoms with E-state index >= 15 is 0 Å². The lowest BCUT2D eigenvalue weighted by Crippen LogP contribution is -2.13. The first-order chi connectivity index (χ1) is 8.55. The van der Waals surface area contributed by atoms with Crippen LogP contribution in [-0.4, -0.2) is 24.2 Å². The first-order valence-corrected chi connectivity index (χ1v) is 7.46. The minimum Gasteiger partial charge on any atom is -0.493 e. The van der Waals surface area contributed by atoms with E-state index in [0.29, 0.717) is 16.8 Å². The molecular formula is C11H11BrN2O3S. The topological polar surface area (TPSA) is 61.2 Å². The zero-order valence-electron chi connectivity index (χ0n) is 9.58. The summed E-state index contributed by atoms with van der Waals surface area (Å²) in [5.41, 5.74) is 0. The molecule has 0 unspecified atom stereocenters. The second kappa shape index (κ2) is 5.11. The highest BCUT2D eigenvalue weighted by Crippen LogP contribution is 2.28. The van der Waals surface area contributed by atoms with Crippen molar-refractivity contribution in [2.45, 2.75) is 11.8 Å². The molecule has 0 fully saturated rings. The monoisotopic (exact) mass is 330 g/mol. The van der Waals surface area contributed by atoms with Gasteiger partial charge in [-0.15, -0.1) is 0 Å². The molecule has 0 amide bonds. The average molecular weight is 331 g/mol. The van der Waals surface area contributed by atoms with Gasteiger partial charge in [-0.3, -0.25) is 0 Å². The van der Waals surface area contributed by atoms with Crippen molar-refractivity contribution in [1.82, 2.24) is 9.19 Å². The average Bonchev–Trinajstić information content (AvgIpc) is 2.86. The molecule has 96 valence electrons. The molecule has 0 saturated heterocycles. The van der Waals surface area contributed by atoms with Crippen LogP contribution in [0.3, 0.4) is 0 Å². The maximum atomic E-state index is 12.2. The van der Waals surface area contributed by atoms with Gasteiger partial charge >= 0.3 is 0 Å². The van der Waals surface area contributed by atoms with Crippen molar-refractivity contribution in [3.05, 3.63) is 41.1 Å². The van der Waals surface area contributed by atoms with E-state index in [9.17, 15) is 8.42 Å². The van der Waals surface area contributed by atoms with E-state index in [0.717, 1.165) is 4.09 Å². The predicted molar refractivity (Wildman–Crippen MR) is 70.1 cm³/mol. The van der Waals surface area contributed by atoms with Gasteiger partial charge in [0.05, 0.1) is 22.2 Å². The van der Waals surface area contributed by atoms with E-state index in [4.69, 9.17) is 4.74 Å². The Hall–Kier alpha value is -1.34. The molecule has 1 aromatic heterocycles. The third-order valence-corrected chi connectivity index (χ3v) is 4.44. The molecule has 0 aliphatic heterocycles. The Balaban J connectivity index is 2.49. The molecule has 0 N–H and O–H groups in total. The molecule has 1 aromatic carbocycles. The summed E-state index contributed by atoms with van der Waals surface area (Å²) in [5, 5.41) is 3.74. The van der Waals surface area contributed by atoms with Gasteiger partial charge in [0, 0.05) is 12.3 Å². The first-order valence-electron chi connectivity index (χ1n) is 5.23. The zero-order chi connectivity index (χ0) is 13.2.